The van der Waals surface area contributed by atoms with Crippen LogP contribution in [0.2, 0.25) is 15.1 Å². The van der Waals surface area contributed by atoms with E-state index in [0.29, 0.717) is 27.1 Å². The Morgan fingerprint density at radius 3 is 2.55 bits per heavy atom. The van der Waals surface area contributed by atoms with Gasteiger partial charge in [-0.15, -0.1) is 0 Å². The van der Waals surface area contributed by atoms with Crippen LogP contribution in [0, 0.1) is 5.82 Å². The summed E-state index contributed by atoms with van der Waals surface area (Å²) < 4.78 is 14.0. The maximum atomic E-state index is 14.0. The Hall–Kier alpha value is -0.800. The fourth-order valence-electron chi connectivity index (χ4n) is 2.08. The number of rotatable bonds is 4. The van der Waals surface area contributed by atoms with Crippen molar-refractivity contribution in [3.63, 3.8) is 0 Å². The van der Waals surface area contributed by atoms with E-state index in [0.717, 1.165) is 5.56 Å². The molecule has 0 saturated carbocycles. The molecule has 0 bridgehead atoms. The second kappa shape index (κ2) is 6.77. The van der Waals surface area contributed by atoms with E-state index in [1.807, 2.05) is 12.1 Å². The molecule has 2 aromatic rings. The van der Waals surface area contributed by atoms with E-state index in [1.165, 1.54) is 6.07 Å². The molecule has 0 spiro atoms. The van der Waals surface area contributed by atoms with Crippen LogP contribution < -0.4 is 5.32 Å². The average molecular weight is 333 g/mol. The van der Waals surface area contributed by atoms with Crippen LogP contribution in [0.3, 0.4) is 0 Å². The lowest BCUT2D eigenvalue weighted by atomic mass is 9.98. The molecule has 0 aliphatic carbocycles. The van der Waals surface area contributed by atoms with E-state index in [-0.39, 0.29) is 11.9 Å². The summed E-state index contributed by atoms with van der Waals surface area (Å²) in [5.41, 5.74) is 1.42. The fourth-order valence-corrected chi connectivity index (χ4v) is 2.63. The van der Waals surface area contributed by atoms with Gasteiger partial charge in [0.15, 0.2) is 0 Å². The summed E-state index contributed by atoms with van der Waals surface area (Å²) in [6, 6.07) is 9.89. The van der Waals surface area contributed by atoms with Gasteiger partial charge in [0.2, 0.25) is 0 Å². The molecule has 2 aromatic carbocycles. The Morgan fingerprint density at radius 1 is 1.15 bits per heavy atom. The summed E-state index contributed by atoms with van der Waals surface area (Å²) >= 11 is 17.9. The molecule has 0 saturated heterocycles. The first-order valence-corrected chi connectivity index (χ1v) is 7.21. The Labute approximate surface area is 132 Å². The van der Waals surface area contributed by atoms with Gasteiger partial charge >= 0.3 is 0 Å². The van der Waals surface area contributed by atoms with Gasteiger partial charge in [-0.3, -0.25) is 0 Å². The van der Waals surface area contributed by atoms with Crippen LogP contribution >= 0.6 is 34.8 Å². The zero-order valence-corrected chi connectivity index (χ0v) is 13.0. The second-order valence-electron chi connectivity index (χ2n) is 4.42. The smallest absolute Gasteiger partial charge is 0.129 e. The first-order valence-electron chi connectivity index (χ1n) is 6.08. The van der Waals surface area contributed by atoms with Crippen LogP contribution in [0.1, 0.15) is 17.2 Å². The number of nitrogens with one attached hydrogen (secondary N) is 1. The zero-order chi connectivity index (χ0) is 14.7. The summed E-state index contributed by atoms with van der Waals surface area (Å²) in [7, 11) is 1.77. The van der Waals surface area contributed by atoms with Gasteiger partial charge in [0.25, 0.3) is 0 Å². The van der Waals surface area contributed by atoms with Crippen molar-refractivity contribution in [1.82, 2.24) is 5.32 Å². The lowest BCUT2D eigenvalue weighted by Crippen LogP contribution is -2.20. The maximum Gasteiger partial charge on any atom is 0.129 e. The van der Waals surface area contributed by atoms with Crippen LogP contribution in [-0.2, 0) is 6.42 Å². The largest absolute Gasteiger partial charge is 0.313 e. The summed E-state index contributed by atoms with van der Waals surface area (Å²) in [6.45, 7) is 0. The Balaban J connectivity index is 2.31. The third kappa shape index (κ3) is 3.44. The Kier molecular flexibility index (Phi) is 5.28. The van der Waals surface area contributed by atoms with Crippen molar-refractivity contribution in [1.29, 1.82) is 0 Å². The number of hydrogen-bond acceptors (Lipinski definition) is 1. The minimum Gasteiger partial charge on any atom is -0.313 e. The van der Waals surface area contributed by atoms with E-state index < -0.39 is 0 Å². The average Bonchev–Trinajstić information content (AvgIpc) is 2.41. The van der Waals surface area contributed by atoms with Gasteiger partial charge in [-0.05, 0) is 37.2 Å². The molecule has 20 heavy (non-hydrogen) atoms. The molecule has 0 amide bonds. The van der Waals surface area contributed by atoms with Gasteiger partial charge in [0, 0.05) is 16.6 Å². The van der Waals surface area contributed by atoms with Gasteiger partial charge in [0.05, 0.1) is 10.0 Å². The molecule has 0 heterocycles. The minimum absolute atomic E-state index is 0.205. The van der Waals surface area contributed by atoms with Crippen molar-refractivity contribution in [3.05, 3.63) is 68.4 Å². The van der Waals surface area contributed by atoms with Gasteiger partial charge in [-0.1, -0.05) is 53.0 Å². The molecule has 0 aliphatic rings. The molecule has 1 N–H and O–H groups in total. The van der Waals surface area contributed by atoms with Gasteiger partial charge in [-0.25, -0.2) is 4.39 Å². The van der Waals surface area contributed by atoms with E-state index in [4.69, 9.17) is 34.8 Å². The maximum absolute atomic E-state index is 14.0. The van der Waals surface area contributed by atoms with E-state index >= 15 is 0 Å². The molecule has 5 heteroatoms. The molecular formula is C15H13Cl3FN. The SMILES string of the molecule is CNC(Cc1cccc(Cl)c1Cl)c1ccc(Cl)cc1F. The summed E-state index contributed by atoms with van der Waals surface area (Å²) in [4.78, 5) is 0. The van der Waals surface area contributed by atoms with Crippen LogP contribution in [0.4, 0.5) is 4.39 Å². The molecule has 106 valence electrons. The molecular weight excluding hydrogens is 320 g/mol. The van der Waals surface area contributed by atoms with Crippen LogP contribution in [0.15, 0.2) is 36.4 Å². The van der Waals surface area contributed by atoms with Crippen LogP contribution in [0.25, 0.3) is 0 Å². The van der Waals surface area contributed by atoms with Crippen molar-refractivity contribution >= 4 is 34.8 Å². The molecule has 1 unspecified atom stereocenters. The van der Waals surface area contributed by atoms with Gasteiger partial charge in [0.1, 0.15) is 5.82 Å². The third-order valence-electron chi connectivity index (χ3n) is 3.14. The van der Waals surface area contributed by atoms with Crippen LogP contribution in [0.5, 0.6) is 0 Å². The number of benzene rings is 2. The van der Waals surface area contributed by atoms with E-state index in [9.17, 15) is 4.39 Å². The van der Waals surface area contributed by atoms with Crippen molar-refractivity contribution in [2.24, 2.45) is 0 Å². The highest BCUT2D eigenvalue weighted by Crippen LogP contribution is 2.30. The van der Waals surface area contributed by atoms with Crippen molar-refractivity contribution in [3.8, 4) is 0 Å². The lowest BCUT2D eigenvalue weighted by Gasteiger charge is -2.18. The van der Waals surface area contributed by atoms with E-state index in [1.54, 1.807) is 25.2 Å². The Bertz CT molecular complexity index is 616. The van der Waals surface area contributed by atoms with Crippen molar-refractivity contribution in [2.45, 2.75) is 12.5 Å². The molecule has 0 aliphatic heterocycles. The third-order valence-corrected chi connectivity index (χ3v) is 4.24. The number of hydrogen-bond donors (Lipinski definition) is 1. The summed E-state index contributed by atoms with van der Waals surface area (Å²) in [5.74, 6) is -0.338. The highest BCUT2D eigenvalue weighted by atomic mass is 35.5. The normalized spacial score (nSPS) is 12.4. The molecule has 0 fully saturated rings. The van der Waals surface area contributed by atoms with Gasteiger partial charge in [-0.2, -0.15) is 0 Å². The summed E-state index contributed by atoms with van der Waals surface area (Å²) in [5, 5.41) is 4.47. The molecule has 0 radical (unpaired) electrons. The predicted molar refractivity (Wildman–Crippen MR) is 83.4 cm³/mol. The number of halogens is 4. The minimum atomic E-state index is -0.338. The summed E-state index contributed by atoms with van der Waals surface area (Å²) in [6.07, 6.45) is 0.536. The van der Waals surface area contributed by atoms with Crippen LogP contribution in [-0.4, -0.2) is 7.05 Å². The number of likely N-dealkylation sites (N-methyl/N-ethyl adjacent to an activating group) is 1. The quantitative estimate of drug-likeness (QED) is 0.802. The topological polar surface area (TPSA) is 12.0 Å². The monoisotopic (exact) mass is 331 g/mol. The molecule has 1 nitrogen and oxygen atoms in total. The fraction of sp³-hybridized carbons (Fsp3) is 0.200. The zero-order valence-electron chi connectivity index (χ0n) is 10.8. The predicted octanol–water partition coefficient (Wildman–Crippen LogP) is 5.29. The standard InChI is InChI=1S/C15H13Cl3FN/c1-20-14(11-6-5-10(16)8-13(11)19)7-9-3-2-4-12(17)15(9)18/h2-6,8,14,20H,7H2,1H3. The van der Waals surface area contributed by atoms with E-state index in [2.05, 4.69) is 5.32 Å². The highest BCUT2D eigenvalue weighted by molar-refractivity contribution is 6.42. The molecule has 1 atom stereocenters. The molecule has 2 rings (SSSR count). The second-order valence-corrected chi connectivity index (χ2v) is 5.65. The first kappa shape index (κ1) is 15.6. The first-order chi connectivity index (χ1) is 9.52. The van der Waals surface area contributed by atoms with Gasteiger partial charge < -0.3 is 5.32 Å². The lowest BCUT2D eigenvalue weighted by molar-refractivity contribution is 0.534. The highest BCUT2D eigenvalue weighted by Gasteiger charge is 2.17. The van der Waals surface area contributed by atoms with Crippen molar-refractivity contribution < 1.29 is 4.39 Å². The van der Waals surface area contributed by atoms with Crippen molar-refractivity contribution in [2.75, 3.05) is 7.05 Å². The Morgan fingerprint density at radius 2 is 1.90 bits per heavy atom. The molecule has 0 aromatic heterocycles.